The Hall–Kier alpha value is -2.18. The molecule has 0 saturated carbocycles. The molecule has 0 N–H and O–H groups in total. The minimum Gasteiger partial charge on any atom is -0.494 e. The quantitative estimate of drug-likeness (QED) is 0.694. The summed E-state index contributed by atoms with van der Waals surface area (Å²) < 4.78 is 6.23. The number of ether oxygens (including phenoxy) is 1. The molecule has 0 bridgehead atoms. The van der Waals surface area contributed by atoms with E-state index < -0.39 is 11.7 Å². The number of halogens is 1. The van der Waals surface area contributed by atoms with Crippen LogP contribution >= 0.6 is 15.9 Å². The Morgan fingerprint density at radius 3 is 2.52 bits per heavy atom. The molecule has 6 heteroatoms. The molecule has 130 valence electrons. The van der Waals surface area contributed by atoms with Crippen LogP contribution in [0.2, 0.25) is 0 Å². The summed E-state index contributed by atoms with van der Waals surface area (Å²) in [4.78, 5) is 28.0. The van der Waals surface area contributed by atoms with E-state index in [1.165, 1.54) is 4.90 Å². The summed E-state index contributed by atoms with van der Waals surface area (Å²) in [6.07, 6.45) is 0. The van der Waals surface area contributed by atoms with Crippen LogP contribution in [0.1, 0.15) is 22.8 Å². The highest BCUT2D eigenvalue weighted by Gasteiger charge is 2.36. The average molecular weight is 403 g/mol. The number of Topliss-reactive ketones (excluding diaryl/α,β-unsaturated/α-hetero) is 1. The van der Waals surface area contributed by atoms with Crippen LogP contribution in [0.25, 0.3) is 0 Å². The lowest BCUT2D eigenvalue weighted by molar-refractivity contribution is -0.114. The van der Waals surface area contributed by atoms with E-state index in [0.717, 1.165) is 15.8 Å². The van der Waals surface area contributed by atoms with E-state index in [4.69, 9.17) is 4.74 Å². The number of hydrogen-bond acceptors (Lipinski definition) is 4. The molecule has 0 unspecified atom stereocenters. The first-order valence-electron chi connectivity index (χ1n) is 8.05. The lowest BCUT2D eigenvalue weighted by atomic mass is 10.1. The molecule has 1 aliphatic heterocycles. The third-order valence-corrected chi connectivity index (χ3v) is 4.50. The van der Waals surface area contributed by atoms with Crippen LogP contribution in [0.15, 0.2) is 46.9 Å². The maximum atomic E-state index is 12.3. The number of carbonyl (C=O) groups excluding carboxylic acids is 2. The van der Waals surface area contributed by atoms with Gasteiger partial charge in [0.25, 0.3) is 5.78 Å². The molecular formula is C19H19BrN2O3. The SMILES string of the molecule is CCOc1ccc(CN(C)CN2C(=O)C(=O)c3cc(Br)ccc32)cc1. The monoisotopic (exact) mass is 402 g/mol. The molecule has 3 rings (SSSR count). The van der Waals surface area contributed by atoms with Crippen molar-refractivity contribution in [1.82, 2.24) is 4.90 Å². The van der Waals surface area contributed by atoms with Gasteiger partial charge in [0.1, 0.15) is 5.75 Å². The van der Waals surface area contributed by atoms with Gasteiger partial charge in [-0.05, 0) is 49.9 Å². The van der Waals surface area contributed by atoms with Crippen molar-refractivity contribution in [3.05, 3.63) is 58.1 Å². The predicted molar refractivity (Wildman–Crippen MR) is 99.9 cm³/mol. The number of rotatable bonds is 6. The normalized spacial score (nSPS) is 13.5. The maximum Gasteiger partial charge on any atom is 0.300 e. The van der Waals surface area contributed by atoms with Crippen LogP contribution < -0.4 is 9.64 Å². The third kappa shape index (κ3) is 3.75. The minimum absolute atomic E-state index is 0.354. The highest BCUT2D eigenvalue weighted by Crippen LogP contribution is 2.31. The first-order valence-corrected chi connectivity index (χ1v) is 8.85. The zero-order valence-electron chi connectivity index (χ0n) is 14.2. The fourth-order valence-electron chi connectivity index (χ4n) is 2.87. The Morgan fingerprint density at radius 1 is 1.12 bits per heavy atom. The average Bonchev–Trinajstić information content (AvgIpc) is 2.81. The molecule has 5 nitrogen and oxygen atoms in total. The highest BCUT2D eigenvalue weighted by atomic mass is 79.9. The van der Waals surface area contributed by atoms with Gasteiger partial charge in [0.15, 0.2) is 0 Å². The standard InChI is InChI=1S/C19H19BrN2O3/c1-3-25-15-7-4-13(5-8-15)11-21(2)12-22-17-9-6-14(20)10-16(17)18(23)19(22)24/h4-10H,3,11-12H2,1-2H3. The van der Waals surface area contributed by atoms with E-state index in [9.17, 15) is 9.59 Å². The van der Waals surface area contributed by atoms with Gasteiger partial charge in [-0.3, -0.25) is 19.4 Å². The molecule has 1 amide bonds. The molecular weight excluding hydrogens is 384 g/mol. The van der Waals surface area contributed by atoms with Crippen molar-refractivity contribution < 1.29 is 14.3 Å². The summed E-state index contributed by atoms with van der Waals surface area (Å²) in [5.74, 6) is -0.0915. The number of ketones is 1. The molecule has 2 aromatic carbocycles. The minimum atomic E-state index is -0.480. The topological polar surface area (TPSA) is 49.9 Å². The second-order valence-electron chi connectivity index (χ2n) is 5.96. The van der Waals surface area contributed by atoms with Gasteiger partial charge in [0, 0.05) is 11.0 Å². The van der Waals surface area contributed by atoms with E-state index in [1.807, 2.05) is 49.2 Å². The Kier molecular flexibility index (Phi) is 5.20. The number of carbonyl (C=O) groups is 2. The lowest BCUT2D eigenvalue weighted by Gasteiger charge is -2.24. The molecule has 0 atom stereocenters. The van der Waals surface area contributed by atoms with Crippen LogP contribution in [0.4, 0.5) is 5.69 Å². The van der Waals surface area contributed by atoms with E-state index in [1.54, 1.807) is 12.1 Å². The summed E-state index contributed by atoms with van der Waals surface area (Å²) in [7, 11) is 1.92. The summed E-state index contributed by atoms with van der Waals surface area (Å²) in [5.41, 5.74) is 2.23. The van der Waals surface area contributed by atoms with Crippen LogP contribution in [0.5, 0.6) is 5.75 Å². The lowest BCUT2D eigenvalue weighted by Crippen LogP contribution is -2.38. The second kappa shape index (κ2) is 7.37. The van der Waals surface area contributed by atoms with Gasteiger partial charge < -0.3 is 4.74 Å². The van der Waals surface area contributed by atoms with Crippen molar-refractivity contribution >= 4 is 33.3 Å². The van der Waals surface area contributed by atoms with Gasteiger partial charge in [-0.15, -0.1) is 0 Å². The summed E-state index contributed by atoms with van der Waals surface area (Å²) in [6.45, 7) is 3.61. The zero-order valence-corrected chi connectivity index (χ0v) is 15.7. The molecule has 25 heavy (non-hydrogen) atoms. The van der Waals surface area contributed by atoms with Crippen molar-refractivity contribution in [3.8, 4) is 5.75 Å². The van der Waals surface area contributed by atoms with Gasteiger partial charge in [-0.1, -0.05) is 28.1 Å². The molecule has 1 aliphatic rings. The first-order chi connectivity index (χ1) is 12.0. The van der Waals surface area contributed by atoms with Crippen LogP contribution in [0, 0.1) is 0 Å². The van der Waals surface area contributed by atoms with Crippen molar-refractivity contribution in [2.24, 2.45) is 0 Å². The van der Waals surface area contributed by atoms with E-state index >= 15 is 0 Å². The number of amides is 1. The van der Waals surface area contributed by atoms with E-state index in [2.05, 4.69) is 15.9 Å². The van der Waals surface area contributed by atoms with E-state index in [0.29, 0.717) is 31.1 Å². The number of fused-ring (bicyclic) bond motifs is 1. The van der Waals surface area contributed by atoms with Crippen molar-refractivity contribution in [3.63, 3.8) is 0 Å². The third-order valence-electron chi connectivity index (χ3n) is 4.00. The maximum absolute atomic E-state index is 12.3. The summed E-state index contributed by atoms with van der Waals surface area (Å²) >= 11 is 3.34. The molecule has 0 aromatic heterocycles. The molecule has 0 spiro atoms. The molecule has 0 fully saturated rings. The Morgan fingerprint density at radius 2 is 1.84 bits per heavy atom. The predicted octanol–water partition coefficient (Wildman–Crippen LogP) is 3.47. The van der Waals surface area contributed by atoms with E-state index in [-0.39, 0.29) is 0 Å². The van der Waals surface area contributed by atoms with Gasteiger partial charge in [0.05, 0.1) is 24.5 Å². The fourth-order valence-corrected chi connectivity index (χ4v) is 3.24. The molecule has 2 aromatic rings. The van der Waals surface area contributed by atoms with Crippen molar-refractivity contribution in [2.45, 2.75) is 13.5 Å². The number of nitrogens with zero attached hydrogens (tertiary/aromatic N) is 2. The molecule has 0 aliphatic carbocycles. The highest BCUT2D eigenvalue weighted by molar-refractivity contribution is 9.10. The van der Waals surface area contributed by atoms with Gasteiger partial charge in [-0.25, -0.2) is 0 Å². The first kappa shape index (κ1) is 17.6. The van der Waals surface area contributed by atoms with Gasteiger partial charge in [-0.2, -0.15) is 0 Å². The molecule has 1 heterocycles. The smallest absolute Gasteiger partial charge is 0.300 e. The summed E-state index contributed by atoms with van der Waals surface area (Å²) in [6, 6.07) is 13.2. The van der Waals surface area contributed by atoms with Crippen LogP contribution in [-0.2, 0) is 11.3 Å². The van der Waals surface area contributed by atoms with Crippen molar-refractivity contribution in [1.29, 1.82) is 0 Å². The van der Waals surface area contributed by atoms with Crippen molar-refractivity contribution in [2.75, 3.05) is 25.2 Å². The molecule has 0 radical (unpaired) electrons. The largest absolute Gasteiger partial charge is 0.494 e. The zero-order chi connectivity index (χ0) is 18.0. The second-order valence-corrected chi connectivity index (χ2v) is 6.87. The summed E-state index contributed by atoms with van der Waals surface area (Å²) in [5, 5.41) is 0. The number of hydrogen-bond donors (Lipinski definition) is 0. The molecule has 0 saturated heterocycles. The fraction of sp³-hybridized carbons (Fsp3) is 0.263. The van der Waals surface area contributed by atoms with Crippen LogP contribution in [0.3, 0.4) is 0 Å². The number of benzene rings is 2. The van der Waals surface area contributed by atoms with Gasteiger partial charge in [0.2, 0.25) is 0 Å². The number of anilines is 1. The van der Waals surface area contributed by atoms with Gasteiger partial charge >= 0.3 is 5.91 Å². The Bertz CT molecular complexity index is 805. The Balaban J connectivity index is 1.70. The van der Waals surface area contributed by atoms with Crippen LogP contribution in [-0.4, -0.2) is 36.9 Å². The Labute approximate surface area is 155 Å².